The SMILES string of the molecule is CCC1NC2(CC2)C(=O)N1C1CCN(C)C(C)C1. The Hall–Kier alpha value is -0.610. The molecule has 102 valence electrons. The third-order valence-corrected chi connectivity index (χ3v) is 5.13. The number of amides is 1. The molecule has 1 N–H and O–H groups in total. The number of hydrogen-bond donors (Lipinski definition) is 1. The summed E-state index contributed by atoms with van der Waals surface area (Å²) in [6.07, 6.45) is 5.63. The van der Waals surface area contributed by atoms with Crippen molar-refractivity contribution in [1.29, 1.82) is 0 Å². The van der Waals surface area contributed by atoms with Gasteiger partial charge in [0.2, 0.25) is 5.91 Å². The Bertz CT molecular complexity index is 353. The zero-order valence-corrected chi connectivity index (χ0v) is 11.8. The summed E-state index contributed by atoms with van der Waals surface area (Å²) in [4.78, 5) is 17.2. The van der Waals surface area contributed by atoms with Crippen molar-refractivity contribution in [2.24, 2.45) is 0 Å². The summed E-state index contributed by atoms with van der Waals surface area (Å²) in [5, 5.41) is 3.58. The molecule has 0 aromatic heterocycles. The molecule has 0 radical (unpaired) electrons. The summed E-state index contributed by atoms with van der Waals surface area (Å²) in [6.45, 7) is 5.56. The van der Waals surface area contributed by atoms with Crippen LogP contribution in [0.15, 0.2) is 0 Å². The second-order valence-corrected chi connectivity index (χ2v) is 6.37. The number of nitrogens with one attached hydrogen (secondary N) is 1. The van der Waals surface area contributed by atoms with Crippen LogP contribution >= 0.6 is 0 Å². The van der Waals surface area contributed by atoms with E-state index >= 15 is 0 Å². The Morgan fingerprint density at radius 3 is 2.72 bits per heavy atom. The summed E-state index contributed by atoms with van der Waals surface area (Å²) >= 11 is 0. The molecule has 3 rings (SSSR count). The second-order valence-electron chi connectivity index (χ2n) is 6.37. The van der Waals surface area contributed by atoms with Crippen molar-refractivity contribution < 1.29 is 4.79 Å². The van der Waals surface area contributed by atoms with Gasteiger partial charge >= 0.3 is 0 Å². The highest BCUT2D eigenvalue weighted by Crippen LogP contribution is 2.44. The van der Waals surface area contributed by atoms with Crippen molar-refractivity contribution >= 4 is 5.91 Å². The van der Waals surface area contributed by atoms with Gasteiger partial charge in [-0.05, 0) is 46.1 Å². The third kappa shape index (κ3) is 1.77. The maximum Gasteiger partial charge on any atom is 0.244 e. The van der Waals surface area contributed by atoms with Crippen molar-refractivity contribution in [3.05, 3.63) is 0 Å². The molecule has 0 aromatic rings. The van der Waals surface area contributed by atoms with Gasteiger partial charge in [0, 0.05) is 18.6 Å². The molecule has 0 bridgehead atoms. The largest absolute Gasteiger partial charge is 0.322 e. The molecule has 1 spiro atoms. The fourth-order valence-electron chi connectivity index (χ4n) is 3.56. The Kier molecular flexibility index (Phi) is 2.90. The first-order chi connectivity index (χ1) is 8.57. The van der Waals surface area contributed by atoms with E-state index in [1.54, 1.807) is 0 Å². The monoisotopic (exact) mass is 251 g/mol. The molecule has 4 nitrogen and oxygen atoms in total. The lowest BCUT2D eigenvalue weighted by Gasteiger charge is -2.41. The van der Waals surface area contributed by atoms with E-state index in [0.717, 1.165) is 38.6 Å². The molecule has 2 saturated heterocycles. The fraction of sp³-hybridized carbons (Fsp3) is 0.929. The van der Waals surface area contributed by atoms with Crippen molar-refractivity contribution in [2.75, 3.05) is 13.6 Å². The maximum atomic E-state index is 12.6. The number of nitrogens with zero attached hydrogens (tertiary/aromatic N) is 2. The van der Waals surface area contributed by atoms with Gasteiger partial charge in [-0.2, -0.15) is 0 Å². The Morgan fingerprint density at radius 1 is 1.44 bits per heavy atom. The number of rotatable bonds is 2. The summed E-state index contributed by atoms with van der Waals surface area (Å²) in [7, 11) is 2.19. The summed E-state index contributed by atoms with van der Waals surface area (Å²) in [5.41, 5.74) is -0.146. The van der Waals surface area contributed by atoms with Crippen LogP contribution in [0.5, 0.6) is 0 Å². The van der Waals surface area contributed by atoms with Gasteiger partial charge in [0.25, 0.3) is 0 Å². The number of carbonyl (C=O) groups is 1. The number of hydrogen-bond acceptors (Lipinski definition) is 3. The average Bonchev–Trinajstić information content (AvgIpc) is 3.07. The molecule has 4 heteroatoms. The van der Waals surface area contributed by atoms with Crippen LogP contribution in [-0.4, -0.2) is 53.1 Å². The topological polar surface area (TPSA) is 35.6 Å². The van der Waals surface area contributed by atoms with E-state index in [9.17, 15) is 4.79 Å². The molecule has 3 aliphatic rings. The quantitative estimate of drug-likeness (QED) is 0.800. The number of likely N-dealkylation sites (tertiary alicyclic amines) is 1. The normalized spacial score (nSPS) is 39.6. The second kappa shape index (κ2) is 4.20. The molecule has 1 aliphatic carbocycles. The predicted molar refractivity (Wildman–Crippen MR) is 71.1 cm³/mol. The van der Waals surface area contributed by atoms with Crippen LogP contribution in [0.25, 0.3) is 0 Å². The minimum Gasteiger partial charge on any atom is -0.322 e. The lowest BCUT2D eigenvalue weighted by Crippen LogP contribution is -2.51. The number of piperidine rings is 1. The van der Waals surface area contributed by atoms with Crippen molar-refractivity contribution in [1.82, 2.24) is 15.1 Å². The minimum absolute atomic E-state index is 0.146. The number of carbonyl (C=O) groups excluding carboxylic acids is 1. The minimum atomic E-state index is -0.146. The first-order valence-corrected chi connectivity index (χ1v) is 7.38. The van der Waals surface area contributed by atoms with Crippen molar-refractivity contribution in [3.63, 3.8) is 0 Å². The van der Waals surface area contributed by atoms with Crippen LogP contribution in [0.3, 0.4) is 0 Å². The van der Waals surface area contributed by atoms with E-state index < -0.39 is 0 Å². The molecule has 1 saturated carbocycles. The summed E-state index contributed by atoms with van der Waals surface area (Å²) in [6, 6.07) is 1.03. The fourth-order valence-corrected chi connectivity index (χ4v) is 3.56. The lowest BCUT2D eigenvalue weighted by atomic mass is 9.96. The van der Waals surface area contributed by atoms with Gasteiger partial charge in [-0.25, -0.2) is 0 Å². The summed E-state index contributed by atoms with van der Waals surface area (Å²) < 4.78 is 0. The molecule has 18 heavy (non-hydrogen) atoms. The molecular weight excluding hydrogens is 226 g/mol. The van der Waals surface area contributed by atoms with Crippen molar-refractivity contribution in [2.45, 2.75) is 69.7 Å². The predicted octanol–water partition coefficient (Wildman–Crippen LogP) is 1.17. The molecule has 2 aliphatic heterocycles. The standard InChI is InChI=1S/C14H25N3O/c1-4-12-15-14(6-7-14)13(18)17(12)11-5-8-16(3)10(2)9-11/h10-12,15H,4-9H2,1-3H3. The van der Waals surface area contributed by atoms with Crippen LogP contribution in [0.1, 0.15) is 46.0 Å². The van der Waals surface area contributed by atoms with Gasteiger partial charge < -0.3 is 9.80 Å². The van der Waals surface area contributed by atoms with E-state index in [1.807, 2.05) is 0 Å². The van der Waals surface area contributed by atoms with Crippen LogP contribution in [0, 0.1) is 0 Å². The zero-order chi connectivity index (χ0) is 12.9. The smallest absolute Gasteiger partial charge is 0.244 e. The van der Waals surface area contributed by atoms with Gasteiger partial charge in [-0.3, -0.25) is 10.1 Å². The highest BCUT2D eigenvalue weighted by atomic mass is 16.2. The summed E-state index contributed by atoms with van der Waals surface area (Å²) in [5.74, 6) is 0.385. The van der Waals surface area contributed by atoms with Crippen LogP contribution in [-0.2, 0) is 4.79 Å². The maximum absolute atomic E-state index is 12.6. The van der Waals surface area contributed by atoms with Crippen LogP contribution in [0.4, 0.5) is 0 Å². The highest BCUT2D eigenvalue weighted by Gasteiger charge is 2.59. The van der Waals surface area contributed by atoms with Crippen molar-refractivity contribution in [3.8, 4) is 0 Å². The van der Waals surface area contributed by atoms with Gasteiger partial charge in [0.15, 0.2) is 0 Å². The molecule has 3 unspecified atom stereocenters. The lowest BCUT2D eigenvalue weighted by molar-refractivity contribution is -0.134. The van der Waals surface area contributed by atoms with E-state index in [-0.39, 0.29) is 11.7 Å². The molecule has 1 amide bonds. The molecular formula is C14H25N3O. The zero-order valence-electron chi connectivity index (χ0n) is 11.8. The van der Waals surface area contributed by atoms with Gasteiger partial charge in [0.05, 0.1) is 11.7 Å². The Labute approximate surface area is 110 Å². The first-order valence-electron chi connectivity index (χ1n) is 7.38. The van der Waals surface area contributed by atoms with Gasteiger partial charge in [0.1, 0.15) is 0 Å². The molecule has 3 fully saturated rings. The Balaban J connectivity index is 1.76. The molecule has 2 heterocycles. The van der Waals surface area contributed by atoms with E-state index in [2.05, 4.69) is 36.0 Å². The Morgan fingerprint density at radius 2 is 2.17 bits per heavy atom. The van der Waals surface area contributed by atoms with E-state index in [4.69, 9.17) is 0 Å². The molecule has 3 atom stereocenters. The van der Waals surface area contributed by atoms with Crippen LogP contribution < -0.4 is 5.32 Å². The van der Waals surface area contributed by atoms with Gasteiger partial charge in [-0.15, -0.1) is 0 Å². The third-order valence-electron chi connectivity index (χ3n) is 5.13. The van der Waals surface area contributed by atoms with E-state index in [1.165, 1.54) is 0 Å². The molecule has 0 aromatic carbocycles. The van der Waals surface area contributed by atoms with E-state index in [0.29, 0.717) is 18.0 Å². The van der Waals surface area contributed by atoms with Crippen LogP contribution in [0.2, 0.25) is 0 Å². The first kappa shape index (κ1) is 12.4. The average molecular weight is 251 g/mol. The van der Waals surface area contributed by atoms with Gasteiger partial charge in [-0.1, -0.05) is 6.92 Å². The highest BCUT2D eigenvalue weighted by molar-refractivity contribution is 5.92.